The van der Waals surface area contributed by atoms with E-state index in [1.165, 1.54) is 19.2 Å². The summed E-state index contributed by atoms with van der Waals surface area (Å²) in [6, 6.07) is 3.56. The molecule has 0 aliphatic heterocycles. The van der Waals surface area contributed by atoms with Crippen molar-refractivity contribution in [2.24, 2.45) is 0 Å². The van der Waals surface area contributed by atoms with Gasteiger partial charge in [0.15, 0.2) is 21.2 Å². The first-order chi connectivity index (χ1) is 13.5. The molecule has 29 heavy (non-hydrogen) atoms. The van der Waals surface area contributed by atoms with Gasteiger partial charge in [-0.05, 0) is 35.7 Å². The smallest absolute Gasteiger partial charge is 0.244 e. The monoisotopic (exact) mass is 474 g/mol. The third kappa shape index (κ3) is 5.52. The number of rotatable bonds is 7. The van der Waals surface area contributed by atoms with Crippen LogP contribution in [-0.2, 0) is 19.9 Å². The van der Waals surface area contributed by atoms with Gasteiger partial charge in [0.2, 0.25) is 26.5 Å². The van der Waals surface area contributed by atoms with Crippen LogP contribution < -0.4 is 4.31 Å². The highest BCUT2D eigenvalue weighted by Gasteiger charge is 2.24. The van der Waals surface area contributed by atoms with E-state index >= 15 is 0 Å². The van der Waals surface area contributed by atoms with Crippen molar-refractivity contribution in [3.63, 3.8) is 0 Å². The Labute approximate surface area is 177 Å². The second-order valence-electron chi connectivity index (χ2n) is 5.50. The molecule has 1 aromatic carbocycles. The lowest BCUT2D eigenvalue weighted by Gasteiger charge is -2.17. The summed E-state index contributed by atoms with van der Waals surface area (Å²) in [7, 11) is -6.64. The van der Waals surface area contributed by atoms with Gasteiger partial charge in [0, 0.05) is 7.05 Å². The molecule has 0 atom stereocenters. The van der Waals surface area contributed by atoms with Crippen molar-refractivity contribution in [1.82, 2.24) is 15.0 Å². The van der Waals surface area contributed by atoms with Crippen LogP contribution in [0.1, 0.15) is 6.42 Å². The zero-order chi connectivity index (χ0) is 21.8. The van der Waals surface area contributed by atoms with Gasteiger partial charge in [-0.1, -0.05) is 12.1 Å². The third-order valence-corrected chi connectivity index (χ3v) is 7.57. The first kappa shape index (κ1) is 22.8. The molecular weight excluding hydrogens is 463 g/mol. The van der Waals surface area contributed by atoms with Crippen molar-refractivity contribution in [2.45, 2.75) is 11.3 Å². The number of aromatic nitrogens is 3. The second-order valence-corrected chi connectivity index (χ2v) is 10.4. The molecule has 0 bridgehead atoms. The Bertz CT molecular complexity index is 1220. The van der Waals surface area contributed by atoms with Gasteiger partial charge in [-0.2, -0.15) is 15.0 Å². The molecule has 2 rings (SSSR count). The van der Waals surface area contributed by atoms with Crippen molar-refractivity contribution in [1.29, 1.82) is 0 Å². The summed E-state index contributed by atoms with van der Waals surface area (Å²) in [5.41, 5.74) is -0.0464. The van der Waals surface area contributed by atoms with Gasteiger partial charge < -0.3 is 0 Å². The molecule has 0 saturated heterocycles. The summed E-state index contributed by atoms with van der Waals surface area (Å²) in [4.78, 5) is 17.0. The summed E-state index contributed by atoms with van der Waals surface area (Å²) in [6.45, 7) is 14.0. The van der Waals surface area contributed by atoms with Gasteiger partial charge >= 0.3 is 0 Å². The minimum absolute atomic E-state index is 0.0397. The van der Waals surface area contributed by atoms with Crippen LogP contribution in [0.2, 0.25) is 10.6 Å². The van der Waals surface area contributed by atoms with E-state index in [0.29, 0.717) is 0 Å². The highest BCUT2D eigenvalue weighted by atomic mass is 35.5. The van der Waals surface area contributed by atoms with E-state index in [9.17, 15) is 16.8 Å². The summed E-state index contributed by atoms with van der Waals surface area (Å²) >= 11 is 11.3. The Morgan fingerprint density at radius 3 is 2.10 bits per heavy atom. The zero-order valence-corrected chi connectivity index (χ0v) is 17.9. The van der Waals surface area contributed by atoms with Crippen LogP contribution in [0.4, 0.5) is 17.3 Å². The molecule has 0 fully saturated rings. The van der Waals surface area contributed by atoms with Crippen LogP contribution in [0.3, 0.4) is 0 Å². The van der Waals surface area contributed by atoms with Gasteiger partial charge in [-0.25, -0.2) is 21.1 Å². The van der Waals surface area contributed by atoms with E-state index in [0.717, 1.165) is 10.4 Å². The number of halogens is 2. The largest absolute Gasteiger partial charge is 0.250 e. The van der Waals surface area contributed by atoms with Crippen molar-refractivity contribution >= 4 is 60.4 Å². The quantitative estimate of drug-likeness (QED) is 0.565. The van der Waals surface area contributed by atoms with E-state index in [1.807, 2.05) is 0 Å². The molecule has 0 radical (unpaired) electrons. The molecular formula is C15H12Cl2N6O4S2. The maximum absolute atomic E-state index is 12.5. The molecule has 0 N–H and O–H groups in total. The fourth-order valence-electron chi connectivity index (χ4n) is 2.15. The lowest BCUT2D eigenvalue weighted by atomic mass is 10.3. The highest BCUT2D eigenvalue weighted by molar-refractivity contribution is 7.93. The Morgan fingerprint density at radius 2 is 1.55 bits per heavy atom. The summed E-state index contributed by atoms with van der Waals surface area (Å²) in [6.07, 6.45) is -0.223. The predicted octanol–water partition coefficient (Wildman–Crippen LogP) is 2.91. The fraction of sp³-hybridized carbons (Fsp3) is 0.267. The van der Waals surface area contributed by atoms with Crippen LogP contribution in [-0.4, -0.2) is 50.3 Å². The summed E-state index contributed by atoms with van der Waals surface area (Å²) in [5, 5.41) is -0.578. The van der Waals surface area contributed by atoms with Gasteiger partial charge in [0.05, 0.1) is 29.5 Å². The van der Waals surface area contributed by atoms with E-state index in [-0.39, 0.29) is 39.2 Å². The second kappa shape index (κ2) is 8.88. The Balaban J connectivity index is 2.13. The minimum Gasteiger partial charge on any atom is -0.250 e. The number of sulfonamides is 1. The van der Waals surface area contributed by atoms with Crippen LogP contribution in [0.25, 0.3) is 9.69 Å². The number of hydrogen-bond acceptors (Lipinski definition) is 7. The molecule has 0 unspecified atom stereocenters. The number of benzene rings is 1. The zero-order valence-electron chi connectivity index (χ0n) is 14.7. The number of sulfone groups is 1. The van der Waals surface area contributed by atoms with E-state index in [2.05, 4.69) is 24.6 Å². The molecule has 1 aromatic heterocycles. The minimum atomic E-state index is -3.96. The van der Waals surface area contributed by atoms with Crippen LogP contribution in [0, 0.1) is 13.1 Å². The predicted molar refractivity (Wildman–Crippen MR) is 108 cm³/mol. The molecule has 2 aromatic rings. The maximum Gasteiger partial charge on any atom is 0.244 e. The molecule has 0 amide bonds. The highest BCUT2D eigenvalue weighted by Crippen LogP contribution is 2.31. The molecule has 0 spiro atoms. The lowest BCUT2D eigenvalue weighted by Crippen LogP contribution is -2.31. The number of nitrogens with zero attached hydrogens (tertiary/aromatic N) is 6. The SMILES string of the molecule is [C-]#[N+]c1ccc(S(=O)(=O)CCCS(=O)(=O)N(C)c2nc(Cl)nc(Cl)n2)cc1[N+]#[C-]. The van der Waals surface area contributed by atoms with Crippen LogP contribution in [0.5, 0.6) is 0 Å². The maximum atomic E-state index is 12.5. The van der Waals surface area contributed by atoms with Gasteiger partial charge in [0.25, 0.3) is 0 Å². The van der Waals surface area contributed by atoms with Crippen molar-refractivity contribution in [2.75, 3.05) is 22.9 Å². The standard InChI is InChI=1S/C15H12Cl2N6O4S2/c1-18-11-6-5-10(9-12(11)19-2)28(24,25)7-4-8-29(26,27)23(3)15-21-13(16)20-14(17)22-15/h5-6,9H,4,7-8H2,3H3. The van der Waals surface area contributed by atoms with Crippen molar-refractivity contribution in [3.05, 3.63) is 51.6 Å². The van der Waals surface area contributed by atoms with Crippen molar-refractivity contribution < 1.29 is 16.8 Å². The molecule has 1 heterocycles. The Hall–Kier alpha value is -2.51. The first-order valence-corrected chi connectivity index (χ1v) is 11.7. The molecule has 152 valence electrons. The molecule has 14 heteroatoms. The summed E-state index contributed by atoms with van der Waals surface area (Å²) < 4.78 is 50.5. The van der Waals surface area contributed by atoms with Gasteiger partial charge in [0.1, 0.15) is 0 Å². The van der Waals surface area contributed by atoms with E-state index < -0.39 is 31.4 Å². The average Bonchev–Trinajstić information content (AvgIpc) is 2.65. The third-order valence-electron chi connectivity index (χ3n) is 3.63. The number of hydrogen-bond donors (Lipinski definition) is 0. The molecule has 0 aliphatic rings. The van der Waals surface area contributed by atoms with Crippen LogP contribution >= 0.6 is 23.2 Å². The Morgan fingerprint density at radius 1 is 0.966 bits per heavy atom. The van der Waals surface area contributed by atoms with Gasteiger partial charge in [-0.3, -0.25) is 9.69 Å². The molecule has 0 aliphatic carbocycles. The van der Waals surface area contributed by atoms with Crippen LogP contribution in [0.15, 0.2) is 23.1 Å². The Kier molecular flexibility index (Phi) is 6.97. The first-order valence-electron chi connectivity index (χ1n) is 7.65. The lowest BCUT2D eigenvalue weighted by molar-refractivity contribution is 0.588. The van der Waals surface area contributed by atoms with Crippen molar-refractivity contribution in [3.8, 4) is 0 Å². The summed E-state index contributed by atoms with van der Waals surface area (Å²) in [5.74, 6) is -1.29. The van der Waals surface area contributed by atoms with E-state index in [4.69, 9.17) is 36.3 Å². The van der Waals surface area contributed by atoms with E-state index in [1.54, 1.807) is 0 Å². The normalized spacial score (nSPS) is 11.5. The topological polar surface area (TPSA) is 119 Å². The fourth-order valence-corrected chi connectivity index (χ4v) is 5.13. The molecule has 10 nitrogen and oxygen atoms in total. The number of anilines is 1. The average molecular weight is 475 g/mol. The molecule has 0 saturated carbocycles. The van der Waals surface area contributed by atoms with Gasteiger partial charge in [-0.15, -0.1) is 0 Å².